The average molecular weight is 422 g/mol. The second-order valence-corrected chi connectivity index (χ2v) is 7.42. The summed E-state index contributed by atoms with van der Waals surface area (Å²) in [6, 6.07) is 25.6. The fraction of sp³-hybridized carbons (Fsp3) is 0.0769. The van der Waals surface area contributed by atoms with Crippen molar-refractivity contribution in [1.82, 2.24) is 14.8 Å². The minimum atomic E-state index is 0.458. The number of ether oxygens (including phenoxy) is 2. The second kappa shape index (κ2) is 8.53. The maximum absolute atomic E-state index is 6.37. The summed E-state index contributed by atoms with van der Waals surface area (Å²) in [5.74, 6) is 2.02. The molecule has 0 aliphatic heterocycles. The van der Waals surface area contributed by atoms with Crippen LogP contribution in [0.15, 0.2) is 91.3 Å². The fourth-order valence-electron chi connectivity index (χ4n) is 3.78. The molecule has 2 aromatic heterocycles. The Balaban J connectivity index is 1.52. The lowest BCUT2D eigenvalue weighted by molar-refractivity contribution is 0.185. The number of benzene rings is 3. The van der Waals surface area contributed by atoms with Gasteiger partial charge in [-0.1, -0.05) is 42.5 Å². The fourth-order valence-corrected chi connectivity index (χ4v) is 3.78. The Morgan fingerprint density at radius 1 is 0.875 bits per heavy atom. The first-order chi connectivity index (χ1) is 15.7. The largest absolute Gasteiger partial charge is 0.457 e. The Bertz CT molecular complexity index is 1360. The lowest BCUT2D eigenvalue weighted by Gasteiger charge is -2.08. The predicted octanol–water partition coefficient (Wildman–Crippen LogP) is 5.61. The number of nitrogens with zero attached hydrogens (tertiary/aromatic N) is 3. The molecule has 6 heteroatoms. The van der Waals surface area contributed by atoms with Gasteiger partial charge in [-0.05, 0) is 47.5 Å². The monoisotopic (exact) mass is 422 g/mol. The van der Waals surface area contributed by atoms with E-state index in [0.717, 1.165) is 44.8 Å². The molecule has 0 atom stereocenters. The first-order valence-corrected chi connectivity index (χ1v) is 10.3. The van der Waals surface area contributed by atoms with E-state index >= 15 is 0 Å². The molecule has 0 spiro atoms. The molecular formula is C26H22N4O2. The topological polar surface area (TPSA) is 75.2 Å². The molecule has 0 amide bonds. The van der Waals surface area contributed by atoms with Crippen LogP contribution >= 0.6 is 0 Å². The molecule has 0 radical (unpaired) electrons. The van der Waals surface area contributed by atoms with Crippen molar-refractivity contribution in [3.05, 3.63) is 96.8 Å². The lowest BCUT2D eigenvalue weighted by atomic mass is 10.0. The van der Waals surface area contributed by atoms with E-state index in [1.165, 1.54) is 0 Å². The summed E-state index contributed by atoms with van der Waals surface area (Å²) >= 11 is 0. The number of hydrogen-bond acceptors (Lipinski definition) is 5. The molecule has 2 N–H and O–H groups in total. The highest BCUT2D eigenvalue weighted by molar-refractivity contribution is 6.01. The van der Waals surface area contributed by atoms with E-state index in [1.54, 1.807) is 13.3 Å². The van der Waals surface area contributed by atoms with Gasteiger partial charge in [0.15, 0.2) is 5.82 Å². The SMILES string of the molecule is COCc1cccc(-n2nc(N)c3c(-c4ccc(Oc5ccccc5)cc4)cncc32)c1. The van der Waals surface area contributed by atoms with Gasteiger partial charge in [0.2, 0.25) is 0 Å². The molecule has 158 valence electrons. The van der Waals surface area contributed by atoms with Crippen LogP contribution in [0.1, 0.15) is 5.56 Å². The van der Waals surface area contributed by atoms with Crippen LogP contribution in [0.25, 0.3) is 27.7 Å². The van der Waals surface area contributed by atoms with Crippen molar-refractivity contribution >= 4 is 16.7 Å². The summed E-state index contributed by atoms with van der Waals surface area (Å²) in [5.41, 5.74) is 11.1. The summed E-state index contributed by atoms with van der Waals surface area (Å²) in [7, 11) is 1.68. The normalized spacial score (nSPS) is 11.0. The summed E-state index contributed by atoms with van der Waals surface area (Å²) in [6.45, 7) is 0.531. The van der Waals surface area contributed by atoms with Crippen molar-refractivity contribution in [1.29, 1.82) is 0 Å². The van der Waals surface area contributed by atoms with Crippen molar-refractivity contribution in [3.63, 3.8) is 0 Å². The number of rotatable bonds is 6. The van der Waals surface area contributed by atoms with Crippen LogP contribution in [0.5, 0.6) is 11.5 Å². The van der Waals surface area contributed by atoms with Crippen LogP contribution in [0, 0.1) is 0 Å². The van der Waals surface area contributed by atoms with Crippen LogP contribution in [0.3, 0.4) is 0 Å². The molecule has 0 fully saturated rings. The smallest absolute Gasteiger partial charge is 0.154 e. The zero-order valence-corrected chi connectivity index (χ0v) is 17.6. The molecule has 0 aliphatic rings. The van der Waals surface area contributed by atoms with Crippen molar-refractivity contribution in [2.24, 2.45) is 0 Å². The van der Waals surface area contributed by atoms with Gasteiger partial charge in [0, 0.05) is 18.9 Å². The molecule has 32 heavy (non-hydrogen) atoms. The Labute approximate surface area is 185 Å². The molecule has 5 aromatic rings. The Morgan fingerprint density at radius 2 is 1.66 bits per heavy atom. The van der Waals surface area contributed by atoms with E-state index < -0.39 is 0 Å². The number of para-hydroxylation sites is 1. The van der Waals surface area contributed by atoms with Crippen LogP contribution in [-0.4, -0.2) is 21.9 Å². The molecule has 0 bridgehead atoms. The number of anilines is 1. The maximum Gasteiger partial charge on any atom is 0.154 e. The highest BCUT2D eigenvalue weighted by Gasteiger charge is 2.15. The first kappa shape index (κ1) is 19.8. The number of nitrogen functional groups attached to an aromatic ring is 1. The molecule has 3 aromatic carbocycles. The molecule has 0 unspecified atom stereocenters. The predicted molar refractivity (Wildman–Crippen MR) is 126 cm³/mol. The van der Waals surface area contributed by atoms with E-state index in [0.29, 0.717) is 12.4 Å². The number of aromatic nitrogens is 3. The van der Waals surface area contributed by atoms with Gasteiger partial charge in [0.25, 0.3) is 0 Å². The number of fused-ring (bicyclic) bond motifs is 1. The van der Waals surface area contributed by atoms with E-state index in [4.69, 9.17) is 15.2 Å². The molecule has 5 rings (SSSR count). The third kappa shape index (κ3) is 3.79. The molecule has 6 nitrogen and oxygen atoms in total. The van der Waals surface area contributed by atoms with Gasteiger partial charge in [-0.25, -0.2) is 4.68 Å². The molecule has 0 aliphatic carbocycles. The molecule has 0 saturated heterocycles. The van der Waals surface area contributed by atoms with Crippen molar-refractivity contribution in [3.8, 4) is 28.3 Å². The minimum absolute atomic E-state index is 0.458. The van der Waals surface area contributed by atoms with Gasteiger partial charge in [-0.2, -0.15) is 0 Å². The van der Waals surface area contributed by atoms with Gasteiger partial charge in [0.05, 0.1) is 29.4 Å². The van der Waals surface area contributed by atoms with Gasteiger partial charge < -0.3 is 15.2 Å². The van der Waals surface area contributed by atoms with Crippen LogP contribution in [-0.2, 0) is 11.3 Å². The van der Waals surface area contributed by atoms with E-state index in [2.05, 4.69) is 10.1 Å². The minimum Gasteiger partial charge on any atom is -0.457 e. The van der Waals surface area contributed by atoms with Gasteiger partial charge in [-0.15, -0.1) is 5.10 Å². The quantitative estimate of drug-likeness (QED) is 0.385. The van der Waals surface area contributed by atoms with E-state index in [9.17, 15) is 0 Å². The summed E-state index contributed by atoms with van der Waals surface area (Å²) in [5, 5.41) is 5.48. The molecular weight excluding hydrogens is 400 g/mol. The van der Waals surface area contributed by atoms with Crippen molar-refractivity contribution in [2.75, 3.05) is 12.8 Å². The standard InChI is InChI=1S/C26H22N4O2/c1-31-17-18-6-5-7-20(14-18)30-24-16-28-15-23(25(24)26(27)29-30)19-10-12-22(13-11-19)32-21-8-3-2-4-9-21/h2-16H,17H2,1H3,(H2,27,29). The summed E-state index contributed by atoms with van der Waals surface area (Å²) in [6.07, 6.45) is 3.61. The Kier molecular flexibility index (Phi) is 5.27. The van der Waals surface area contributed by atoms with Gasteiger partial charge in [-0.3, -0.25) is 4.98 Å². The highest BCUT2D eigenvalue weighted by Crippen LogP contribution is 2.34. The first-order valence-electron chi connectivity index (χ1n) is 10.3. The molecule has 0 saturated carbocycles. The zero-order chi connectivity index (χ0) is 21.9. The number of methoxy groups -OCH3 is 1. The third-order valence-electron chi connectivity index (χ3n) is 5.23. The lowest BCUT2D eigenvalue weighted by Crippen LogP contribution is -1.99. The Morgan fingerprint density at radius 3 is 2.44 bits per heavy atom. The van der Waals surface area contributed by atoms with Crippen LogP contribution in [0.2, 0.25) is 0 Å². The maximum atomic E-state index is 6.37. The van der Waals surface area contributed by atoms with Crippen LogP contribution < -0.4 is 10.5 Å². The van der Waals surface area contributed by atoms with Gasteiger partial charge in [0.1, 0.15) is 11.5 Å². The molecule has 2 heterocycles. The number of nitrogens with two attached hydrogens (primary N) is 1. The Hall–Kier alpha value is -4.16. The van der Waals surface area contributed by atoms with Crippen molar-refractivity contribution in [2.45, 2.75) is 6.61 Å². The van der Waals surface area contributed by atoms with Crippen molar-refractivity contribution < 1.29 is 9.47 Å². The third-order valence-corrected chi connectivity index (χ3v) is 5.23. The summed E-state index contributed by atoms with van der Waals surface area (Å²) < 4.78 is 13.0. The summed E-state index contributed by atoms with van der Waals surface area (Å²) in [4.78, 5) is 4.47. The second-order valence-electron chi connectivity index (χ2n) is 7.42. The van der Waals surface area contributed by atoms with Crippen LogP contribution in [0.4, 0.5) is 5.82 Å². The highest BCUT2D eigenvalue weighted by atomic mass is 16.5. The van der Waals surface area contributed by atoms with E-state index in [-0.39, 0.29) is 0 Å². The van der Waals surface area contributed by atoms with Gasteiger partial charge >= 0.3 is 0 Å². The number of pyridine rings is 1. The van der Waals surface area contributed by atoms with E-state index in [1.807, 2.05) is 89.7 Å². The average Bonchev–Trinajstić information content (AvgIpc) is 3.18. The zero-order valence-electron chi connectivity index (χ0n) is 17.6. The number of hydrogen-bond donors (Lipinski definition) is 1.